The van der Waals surface area contributed by atoms with Gasteiger partial charge in [-0.1, -0.05) is 0 Å². The van der Waals surface area contributed by atoms with Gasteiger partial charge in [0.2, 0.25) is 5.56 Å². The number of H-pyrrole nitrogens is 2. The summed E-state index contributed by atoms with van der Waals surface area (Å²) >= 11 is 0.969. The number of halogens is 3. The minimum Gasteiger partial charge on any atom is -0.350 e. The van der Waals surface area contributed by atoms with Crippen molar-refractivity contribution < 1.29 is 13.2 Å². The van der Waals surface area contributed by atoms with E-state index < -0.39 is 17.3 Å². The van der Waals surface area contributed by atoms with Gasteiger partial charge < -0.3 is 9.97 Å². The van der Waals surface area contributed by atoms with Gasteiger partial charge in [0.05, 0.1) is 5.52 Å². The van der Waals surface area contributed by atoms with Gasteiger partial charge in [0.25, 0.3) is 0 Å². The molecule has 104 valence electrons. The van der Waals surface area contributed by atoms with E-state index in [2.05, 4.69) is 9.97 Å². The van der Waals surface area contributed by atoms with Crippen molar-refractivity contribution >= 4 is 31.8 Å². The predicted octanol–water partition coefficient (Wildman–Crippen LogP) is 2.76. The summed E-state index contributed by atoms with van der Waals surface area (Å²) in [5.74, 6) is 0. The molecule has 0 saturated heterocycles. The van der Waals surface area contributed by atoms with E-state index in [4.69, 9.17) is 0 Å². The first-order valence-corrected chi connectivity index (χ1v) is 6.35. The van der Waals surface area contributed by atoms with Gasteiger partial charge in [0.15, 0.2) is 5.43 Å². The third-order valence-corrected chi connectivity index (χ3v) is 4.07. The highest BCUT2D eigenvalue weighted by molar-refractivity contribution is 7.25. The molecule has 0 unspecified atom stereocenters. The Morgan fingerprint density at radius 2 is 1.85 bits per heavy atom. The molecule has 4 nitrogen and oxygen atoms in total. The summed E-state index contributed by atoms with van der Waals surface area (Å²) < 4.78 is 38.4. The first-order chi connectivity index (χ1) is 9.27. The molecule has 3 aromatic heterocycles. The van der Waals surface area contributed by atoms with E-state index >= 15 is 0 Å². The Bertz CT molecular complexity index is 949. The third-order valence-electron chi connectivity index (χ3n) is 2.95. The molecule has 3 aromatic rings. The van der Waals surface area contributed by atoms with Crippen LogP contribution in [0.4, 0.5) is 13.2 Å². The van der Waals surface area contributed by atoms with Crippen LogP contribution in [-0.2, 0) is 6.18 Å². The second kappa shape index (κ2) is 3.95. The van der Waals surface area contributed by atoms with Crippen LogP contribution in [-0.4, -0.2) is 9.97 Å². The van der Waals surface area contributed by atoms with Crippen LogP contribution in [0.3, 0.4) is 0 Å². The number of alkyl halides is 3. The number of aromatic amines is 2. The number of pyridine rings is 2. The number of aromatic nitrogens is 2. The molecule has 0 radical (unpaired) electrons. The fourth-order valence-corrected chi connectivity index (χ4v) is 3.26. The van der Waals surface area contributed by atoms with E-state index in [-0.39, 0.29) is 15.8 Å². The zero-order chi connectivity index (χ0) is 14.7. The number of aryl methyl sites for hydroxylation is 1. The molecule has 0 bridgehead atoms. The third kappa shape index (κ3) is 1.83. The van der Waals surface area contributed by atoms with E-state index in [0.717, 1.165) is 11.3 Å². The monoisotopic (exact) mass is 300 g/mol. The number of thiophene rings is 1. The Morgan fingerprint density at radius 3 is 2.50 bits per heavy atom. The number of rotatable bonds is 0. The predicted molar refractivity (Wildman–Crippen MR) is 70.3 cm³/mol. The summed E-state index contributed by atoms with van der Waals surface area (Å²) in [4.78, 5) is 28.4. The highest BCUT2D eigenvalue weighted by Gasteiger charge is 2.33. The lowest BCUT2D eigenvalue weighted by Gasteiger charge is -2.06. The molecule has 0 spiro atoms. The van der Waals surface area contributed by atoms with Gasteiger partial charge in [-0.25, -0.2) is 0 Å². The molecule has 3 heterocycles. The van der Waals surface area contributed by atoms with Crippen LogP contribution in [0.25, 0.3) is 20.4 Å². The van der Waals surface area contributed by atoms with Crippen molar-refractivity contribution in [1.82, 2.24) is 9.97 Å². The molecule has 0 fully saturated rings. The molecular formula is C12H7F3N2O2S. The Morgan fingerprint density at radius 1 is 1.15 bits per heavy atom. The van der Waals surface area contributed by atoms with Gasteiger partial charge in [-0.05, 0) is 12.5 Å². The van der Waals surface area contributed by atoms with Gasteiger partial charge in [0.1, 0.15) is 15.2 Å². The summed E-state index contributed by atoms with van der Waals surface area (Å²) in [5.41, 5.74) is -1.54. The summed E-state index contributed by atoms with van der Waals surface area (Å²) in [6, 6.07) is 1.82. The molecule has 0 atom stereocenters. The Hall–Kier alpha value is -2.09. The van der Waals surface area contributed by atoms with E-state index in [1.165, 1.54) is 6.07 Å². The van der Waals surface area contributed by atoms with E-state index in [9.17, 15) is 22.8 Å². The standard InChI is InChI=1S/C12H7F3N2O2S/c1-4-2-7(19)17-11-8(4)9-10(20-11)5(18)3-6(16-9)12(13,14)15/h2-3H,1H3,(H,16,18)(H,17,19). The number of hydrogen-bond acceptors (Lipinski definition) is 3. The van der Waals surface area contributed by atoms with E-state index in [1.54, 1.807) is 6.92 Å². The van der Waals surface area contributed by atoms with Crippen LogP contribution >= 0.6 is 11.3 Å². The molecule has 2 N–H and O–H groups in total. The summed E-state index contributed by atoms with van der Waals surface area (Å²) in [6.45, 7) is 1.61. The molecule has 20 heavy (non-hydrogen) atoms. The van der Waals surface area contributed by atoms with Crippen molar-refractivity contribution in [2.24, 2.45) is 0 Å². The van der Waals surface area contributed by atoms with Crippen LogP contribution in [0.15, 0.2) is 21.7 Å². The van der Waals surface area contributed by atoms with Crippen molar-refractivity contribution in [3.63, 3.8) is 0 Å². The number of fused-ring (bicyclic) bond motifs is 3. The van der Waals surface area contributed by atoms with Gasteiger partial charge in [-0.15, -0.1) is 11.3 Å². The fourth-order valence-electron chi connectivity index (χ4n) is 2.13. The normalized spacial score (nSPS) is 12.4. The van der Waals surface area contributed by atoms with Gasteiger partial charge >= 0.3 is 6.18 Å². The Labute approximate surface area is 112 Å². The maximum atomic E-state index is 12.7. The lowest BCUT2D eigenvalue weighted by molar-refractivity contribution is -0.141. The first kappa shape index (κ1) is 12.9. The van der Waals surface area contributed by atoms with E-state index in [1.807, 2.05) is 0 Å². The highest BCUT2D eigenvalue weighted by Crippen LogP contribution is 2.33. The summed E-state index contributed by atoms with van der Waals surface area (Å²) in [7, 11) is 0. The van der Waals surface area contributed by atoms with Crippen molar-refractivity contribution in [2.75, 3.05) is 0 Å². The molecule has 3 rings (SSSR count). The minimum atomic E-state index is -4.63. The van der Waals surface area contributed by atoms with Crippen molar-refractivity contribution in [2.45, 2.75) is 13.1 Å². The molecule has 0 aromatic carbocycles. The fraction of sp³-hybridized carbons (Fsp3) is 0.167. The zero-order valence-electron chi connectivity index (χ0n) is 10.0. The maximum Gasteiger partial charge on any atom is 0.431 e. The number of hydrogen-bond donors (Lipinski definition) is 2. The molecule has 0 amide bonds. The minimum absolute atomic E-state index is 0.110. The zero-order valence-corrected chi connectivity index (χ0v) is 10.8. The van der Waals surface area contributed by atoms with Crippen molar-refractivity contribution in [3.8, 4) is 0 Å². The van der Waals surface area contributed by atoms with Gasteiger partial charge in [0, 0.05) is 17.5 Å². The van der Waals surface area contributed by atoms with Crippen LogP contribution in [0.2, 0.25) is 0 Å². The molecular weight excluding hydrogens is 293 g/mol. The van der Waals surface area contributed by atoms with Crippen LogP contribution in [0, 0.1) is 6.92 Å². The van der Waals surface area contributed by atoms with E-state index in [0.29, 0.717) is 21.8 Å². The van der Waals surface area contributed by atoms with Gasteiger partial charge in [-0.3, -0.25) is 9.59 Å². The smallest absolute Gasteiger partial charge is 0.350 e. The largest absolute Gasteiger partial charge is 0.431 e. The Kier molecular flexibility index (Phi) is 2.55. The van der Waals surface area contributed by atoms with Crippen molar-refractivity contribution in [1.29, 1.82) is 0 Å². The molecule has 0 saturated carbocycles. The maximum absolute atomic E-state index is 12.7. The SMILES string of the molecule is Cc1cc(=O)[nH]c2sc3c(=O)cc(C(F)(F)F)[nH]c3c12. The summed E-state index contributed by atoms with van der Waals surface area (Å²) in [6.07, 6.45) is -4.63. The quantitative estimate of drug-likeness (QED) is 0.670. The first-order valence-electron chi connectivity index (χ1n) is 5.54. The van der Waals surface area contributed by atoms with Crippen LogP contribution < -0.4 is 11.0 Å². The Balaban J connectivity index is 2.55. The lowest BCUT2D eigenvalue weighted by Crippen LogP contribution is -2.13. The topological polar surface area (TPSA) is 65.7 Å². The van der Waals surface area contributed by atoms with Crippen molar-refractivity contribution in [3.05, 3.63) is 44.0 Å². The molecule has 0 aliphatic heterocycles. The number of nitrogens with one attached hydrogen (secondary N) is 2. The van der Waals surface area contributed by atoms with Gasteiger partial charge in [-0.2, -0.15) is 13.2 Å². The summed E-state index contributed by atoms with van der Waals surface area (Å²) in [5, 5.41) is 0.438. The molecule has 0 aliphatic rings. The lowest BCUT2D eigenvalue weighted by atomic mass is 10.2. The van der Waals surface area contributed by atoms with Crippen LogP contribution in [0.1, 0.15) is 11.3 Å². The second-order valence-electron chi connectivity index (χ2n) is 4.37. The van der Waals surface area contributed by atoms with Crippen LogP contribution in [0.5, 0.6) is 0 Å². The second-order valence-corrected chi connectivity index (χ2v) is 5.39. The average molecular weight is 300 g/mol. The molecule has 0 aliphatic carbocycles. The average Bonchev–Trinajstić information content (AvgIpc) is 2.66. The highest BCUT2D eigenvalue weighted by atomic mass is 32.1. The molecule has 8 heteroatoms.